The van der Waals surface area contributed by atoms with E-state index in [9.17, 15) is 0 Å². The minimum absolute atomic E-state index is 0.521. The molecule has 0 unspecified atom stereocenters. The third-order valence-electron chi connectivity index (χ3n) is 7.66. The van der Waals surface area contributed by atoms with Gasteiger partial charge in [0.25, 0.3) is 0 Å². The van der Waals surface area contributed by atoms with Crippen LogP contribution >= 0.6 is 31.9 Å². The molecular weight excluding hydrogens is 590 g/mol. The molecule has 0 saturated carbocycles. The number of fused-ring (bicyclic) bond motifs is 10. The number of methoxy groups -OCH3 is 2. The number of benzene rings is 4. The Morgan fingerprint density at radius 3 is 1.78 bits per heavy atom. The third-order valence-corrected chi connectivity index (χ3v) is 8.65. The van der Waals surface area contributed by atoms with Gasteiger partial charge in [0, 0.05) is 20.7 Å². The van der Waals surface area contributed by atoms with Crippen LogP contribution in [0.1, 0.15) is 22.3 Å². The van der Waals surface area contributed by atoms with Crippen molar-refractivity contribution in [3.63, 3.8) is 0 Å². The van der Waals surface area contributed by atoms with Crippen molar-refractivity contribution in [3.8, 4) is 45.0 Å². The normalized spacial score (nSPS) is 13.6. The molecule has 1 heterocycles. The van der Waals surface area contributed by atoms with Crippen molar-refractivity contribution in [1.29, 1.82) is 0 Å². The molecule has 5 aromatic rings. The Kier molecular flexibility index (Phi) is 5.11. The monoisotopic (exact) mass is 609 g/mol. The van der Waals surface area contributed by atoms with Gasteiger partial charge in [-0.25, -0.2) is 0 Å². The number of aromatic nitrogens is 1. The first kappa shape index (κ1) is 22.8. The Balaban J connectivity index is 1.66. The second-order valence-corrected chi connectivity index (χ2v) is 11.2. The lowest BCUT2D eigenvalue weighted by Gasteiger charge is -2.31. The lowest BCUT2D eigenvalue weighted by molar-refractivity contribution is 0.354. The molecule has 2 aliphatic rings. The van der Waals surface area contributed by atoms with Crippen LogP contribution in [0, 0.1) is 0 Å². The van der Waals surface area contributed by atoms with Crippen molar-refractivity contribution < 1.29 is 9.47 Å². The highest BCUT2D eigenvalue weighted by atomic mass is 79.9. The molecule has 0 amide bonds. The molecular formula is C32H21Br2NO2. The largest absolute Gasteiger partial charge is 0.493 e. The summed E-state index contributed by atoms with van der Waals surface area (Å²) < 4.78 is 13.7. The molecule has 0 radical (unpaired) electrons. The van der Waals surface area contributed by atoms with E-state index in [0.717, 1.165) is 37.3 Å². The fraction of sp³-hybridized carbons (Fsp3) is 0.0938. The predicted molar refractivity (Wildman–Crippen MR) is 154 cm³/mol. The molecule has 37 heavy (non-hydrogen) atoms. The molecule has 5 heteroatoms. The number of hydrogen-bond acceptors (Lipinski definition) is 3. The Bertz CT molecular complexity index is 1680. The van der Waals surface area contributed by atoms with Gasteiger partial charge in [-0.1, -0.05) is 62.2 Å². The molecule has 1 spiro atoms. The number of rotatable bonds is 3. The van der Waals surface area contributed by atoms with Gasteiger partial charge >= 0.3 is 0 Å². The highest BCUT2D eigenvalue weighted by molar-refractivity contribution is 9.10. The molecule has 0 fully saturated rings. The molecule has 0 bridgehead atoms. The van der Waals surface area contributed by atoms with Gasteiger partial charge in [0.2, 0.25) is 0 Å². The summed E-state index contributed by atoms with van der Waals surface area (Å²) in [7, 11) is 3.39. The smallest absolute Gasteiger partial charge is 0.161 e. The lowest BCUT2D eigenvalue weighted by Crippen LogP contribution is -2.26. The van der Waals surface area contributed by atoms with Gasteiger partial charge in [-0.2, -0.15) is 0 Å². The fourth-order valence-electron chi connectivity index (χ4n) is 6.19. The zero-order chi connectivity index (χ0) is 25.3. The summed E-state index contributed by atoms with van der Waals surface area (Å²) in [4.78, 5) is 4.66. The molecule has 2 aliphatic carbocycles. The van der Waals surface area contributed by atoms with Crippen LogP contribution in [0.15, 0.2) is 100 Å². The van der Waals surface area contributed by atoms with Crippen LogP contribution in [0.3, 0.4) is 0 Å². The number of nitrogens with zero attached hydrogens (tertiary/aromatic N) is 1. The number of halogens is 2. The van der Waals surface area contributed by atoms with E-state index in [1.807, 2.05) is 18.3 Å². The maximum absolute atomic E-state index is 5.83. The average molecular weight is 611 g/mol. The summed E-state index contributed by atoms with van der Waals surface area (Å²) in [6.07, 6.45) is 1.84. The van der Waals surface area contributed by atoms with Gasteiger partial charge in [0.05, 0.1) is 25.3 Å². The van der Waals surface area contributed by atoms with Crippen molar-refractivity contribution in [1.82, 2.24) is 4.98 Å². The standard InChI is InChI=1S/C32H21Br2NO2/c1-36-30-16-24-23-9-6-18(29-5-3-4-12-35-29)13-25(23)32(28(24)17-31(30)37-2)26-14-19(33)7-10-21(26)22-11-8-20(34)15-27(22)32/h3-17H,1-2H3. The van der Waals surface area contributed by atoms with Crippen LogP contribution in [0.5, 0.6) is 11.5 Å². The summed E-state index contributed by atoms with van der Waals surface area (Å²) in [6.45, 7) is 0. The fourth-order valence-corrected chi connectivity index (χ4v) is 6.91. The van der Waals surface area contributed by atoms with Gasteiger partial charge in [0.15, 0.2) is 11.5 Å². The van der Waals surface area contributed by atoms with Crippen molar-refractivity contribution in [2.75, 3.05) is 14.2 Å². The quantitative estimate of drug-likeness (QED) is 0.201. The van der Waals surface area contributed by atoms with E-state index in [4.69, 9.17) is 9.47 Å². The van der Waals surface area contributed by atoms with E-state index in [1.165, 1.54) is 38.9 Å². The van der Waals surface area contributed by atoms with Gasteiger partial charge < -0.3 is 9.47 Å². The minimum atomic E-state index is -0.521. The summed E-state index contributed by atoms with van der Waals surface area (Å²) in [5.41, 5.74) is 11.3. The van der Waals surface area contributed by atoms with Gasteiger partial charge in [0.1, 0.15) is 0 Å². The Hall–Kier alpha value is -3.41. The van der Waals surface area contributed by atoms with Gasteiger partial charge in [-0.05, 0) is 99.1 Å². The average Bonchev–Trinajstić information content (AvgIpc) is 3.37. The first-order valence-electron chi connectivity index (χ1n) is 12.0. The van der Waals surface area contributed by atoms with Crippen LogP contribution in [0.2, 0.25) is 0 Å². The zero-order valence-electron chi connectivity index (χ0n) is 20.2. The molecule has 180 valence electrons. The van der Waals surface area contributed by atoms with E-state index < -0.39 is 5.41 Å². The van der Waals surface area contributed by atoms with E-state index >= 15 is 0 Å². The summed E-state index contributed by atoms with van der Waals surface area (Å²) in [6, 6.07) is 30.3. The maximum Gasteiger partial charge on any atom is 0.161 e. The van der Waals surface area contributed by atoms with Crippen LogP contribution in [0.25, 0.3) is 33.5 Å². The Labute approximate surface area is 232 Å². The van der Waals surface area contributed by atoms with Crippen LogP contribution in [0.4, 0.5) is 0 Å². The van der Waals surface area contributed by atoms with Crippen molar-refractivity contribution in [3.05, 3.63) is 122 Å². The lowest BCUT2D eigenvalue weighted by atomic mass is 9.70. The molecule has 0 aliphatic heterocycles. The maximum atomic E-state index is 5.83. The van der Waals surface area contributed by atoms with E-state index in [1.54, 1.807) is 14.2 Å². The van der Waals surface area contributed by atoms with Crippen molar-refractivity contribution in [2.24, 2.45) is 0 Å². The van der Waals surface area contributed by atoms with Gasteiger partial charge in [-0.3, -0.25) is 4.98 Å². The predicted octanol–water partition coefficient (Wildman–Crippen LogP) is 8.63. The van der Waals surface area contributed by atoms with E-state index in [2.05, 4.69) is 110 Å². The third kappa shape index (κ3) is 3.07. The SMILES string of the molecule is COc1cc2c(cc1OC)C1(c3cc(Br)ccc3-c3ccc(Br)cc31)c1cc(-c3ccccn3)ccc1-2. The van der Waals surface area contributed by atoms with Crippen LogP contribution in [-0.4, -0.2) is 19.2 Å². The Morgan fingerprint density at radius 1 is 0.595 bits per heavy atom. The number of ether oxygens (including phenoxy) is 2. The minimum Gasteiger partial charge on any atom is -0.493 e. The van der Waals surface area contributed by atoms with E-state index in [0.29, 0.717) is 0 Å². The highest BCUT2D eigenvalue weighted by Crippen LogP contribution is 2.64. The number of hydrogen-bond donors (Lipinski definition) is 0. The molecule has 4 aromatic carbocycles. The van der Waals surface area contributed by atoms with Gasteiger partial charge in [-0.15, -0.1) is 0 Å². The summed E-state index contributed by atoms with van der Waals surface area (Å²) in [5, 5.41) is 0. The molecule has 3 nitrogen and oxygen atoms in total. The van der Waals surface area contributed by atoms with E-state index in [-0.39, 0.29) is 0 Å². The first-order chi connectivity index (χ1) is 18.1. The Morgan fingerprint density at radius 2 is 1.16 bits per heavy atom. The second kappa shape index (κ2) is 8.30. The van der Waals surface area contributed by atoms with Crippen LogP contribution < -0.4 is 9.47 Å². The zero-order valence-corrected chi connectivity index (χ0v) is 23.4. The highest BCUT2D eigenvalue weighted by Gasteiger charge is 2.52. The summed E-state index contributed by atoms with van der Waals surface area (Å²) >= 11 is 7.55. The molecule has 0 atom stereocenters. The van der Waals surface area contributed by atoms with Crippen LogP contribution in [-0.2, 0) is 5.41 Å². The molecule has 0 saturated heterocycles. The molecule has 7 rings (SSSR count). The van der Waals surface area contributed by atoms with Crippen molar-refractivity contribution >= 4 is 31.9 Å². The number of pyridine rings is 1. The molecule has 0 N–H and O–H groups in total. The summed E-state index contributed by atoms with van der Waals surface area (Å²) in [5.74, 6) is 1.44. The topological polar surface area (TPSA) is 31.4 Å². The van der Waals surface area contributed by atoms with Crippen molar-refractivity contribution in [2.45, 2.75) is 5.41 Å². The molecule has 1 aromatic heterocycles. The second-order valence-electron chi connectivity index (χ2n) is 9.36. The first-order valence-corrected chi connectivity index (χ1v) is 13.6.